The molecule has 1 fully saturated rings. The predicted octanol–water partition coefficient (Wildman–Crippen LogP) is 3.68. The molecule has 1 aliphatic rings. The molecule has 20 heavy (non-hydrogen) atoms. The number of hydrogen-bond acceptors (Lipinski definition) is 2. The molecule has 0 saturated heterocycles. The van der Waals surface area contributed by atoms with E-state index in [9.17, 15) is 4.79 Å². The summed E-state index contributed by atoms with van der Waals surface area (Å²) in [5.41, 5.74) is 1.37. The van der Waals surface area contributed by atoms with Crippen LogP contribution in [0.2, 0.25) is 0 Å². The number of alkyl halides is 1. The molecule has 0 heterocycles. The summed E-state index contributed by atoms with van der Waals surface area (Å²) in [5, 5.41) is 3.15. The molecule has 3 nitrogen and oxygen atoms in total. The molecule has 0 aliphatic heterocycles. The maximum atomic E-state index is 12.6. The number of rotatable bonds is 4. The van der Waals surface area contributed by atoms with Crippen LogP contribution in [0, 0.1) is 6.92 Å². The Morgan fingerprint density at radius 2 is 2.05 bits per heavy atom. The second kappa shape index (κ2) is 6.49. The lowest BCUT2D eigenvalue weighted by molar-refractivity contribution is 0.0881. The van der Waals surface area contributed by atoms with Gasteiger partial charge in [0.05, 0.1) is 18.2 Å². The van der Waals surface area contributed by atoms with Crippen molar-refractivity contribution < 1.29 is 9.53 Å². The number of hydrogen-bond donors (Lipinski definition) is 1. The minimum atomic E-state index is -0.258. The number of carbonyl (C=O) groups is 1. The number of halogens is 1. The normalized spacial score (nSPS) is 17.6. The molecule has 0 radical (unpaired) electrons. The average Bonchev–Trinajstić information content (AvgIpc) is 2.48. The van der Waals surface area contributed by atoms with Crippen LogP contribution in [0.5, 0.6) is 5.75 Å². The Morgan fingerprint density at radius 3 is 2.65 bits per heavy atom. The van der Waals surface area contributed by atoms with Gasteiger partial charge in [0.2, 0.25) is 0 Å². The van der Waals surface area contributed by atoms with Gasteiger partial charge >= 0.3 is 0 Å². The molecule has 0 unspecified atom stereocenters. The van der Waals surface area contributed by atoms with E-state index in [1.165, 1.54) is 6.42 Å². The molecule has 1 aromatic rings. The number of amides is 1. The van der Waals surface area contributed by atoms with Crippen LogP contribution >= 0.6 is 11.6 Å². The fourth-order valence-electron chi connectivity index (χ4n) is 2.83. The zero-order chi connectivity index (χ0) is 14.6. The average molecular weight is 296 g/mol. The van der Waals surface area contributed by atoms with Crippen LogP contribution in [0.4, 0.5) is 0 Å². The summed E-state index contributed by atoms with van der Waals surface area (Å²) in [6.45, 7) is 1.97. The predicted molar refractivity (Wildman–Crippen MR) is 81.7 cm³/mol. The molecular formula is C16H22ClNO2. The van der Waals surface area contributed by atoms with Gasteiger partial charge in [0.1, 0.15) is 5.75 Å². The van der Waals surface area contributed by atoms with E-state index in [1.54, 1.807) is 7.11 Å². The third kappa shape index (κ3) is 3.26. The summed E-state index contributed by atoms with van der Waals surface area (Å²) >= 11 is 6.13. The van der Waals surface area contributed by atoms with Gasteiger partial charge in [-0.3, -0.25) is 4.79 Å². The van der Waals surface area contributed by atoms with Crippen molar-refractivity contribution in [2.45, 2.75) is 44.6 Å². The van der Waals surface area contributed by atoms with Crippen LogP contribution in [-0.2, 0) is 0 Å². The quantitative estimate of drug-likeness (QED) is 0.861. The van der Waals surface area contributed by atoms with E-state index < -0.39 is 0 Å². The zero-order valence-electron chi connectivity index (χ0n) is 12.2. The van der Waals surface area contributed by atoms with E-state index in [0.29, 0.717) is 17.2 Å². The topological polar surface area (TPSA) is 38.3 Å². The Kier molecular flexibility index (Phi) is 4.92. The van der Waals surface area contributed by atoms with E-state index >= 15 is 0 Å². The Labute approximate surface area is 125 Å². The van der Waals surface area contributed by atoms with E-state index in [2.05, 4.69) is 5.32 Å². The third-order valence-electron chi connectivity index (χ3n) is 4.04. The fraction of sp³-hybridized carbons (Fsp3) is 0.562. The summed E-state index contributed by atoms with van der Waals surface area (Å²) in [6.07, 6.45) is 5.38. The second-order valence-corrected chi connectivity index (χ2v) is 5.90. The van der Waals surface area contributed by atoms with Crippen molar-refractivity contribution >= 4 is 17.5 Å². The summed E-state index contributed by atoms with van der Waals surface area (Å²) in [5.74, 6) is 0.981. The van der Waals surface area contributed by atoms with Gasteiger partial charge in [-0.2, -0.15) is 0 Å². The Morgan fingerprint density at radius 1 is 1.35 bits per heavy atom. The third-order valence-corrected chi connectivity index (χ3v) is 4.56. The standard InChI is InChI=1S/C16H22ClNO2/c1-12-6-7-14(20-2)13(10-12)15(19)18-16(11-17)8-4-3-5-9-16/h6-7,10H,3-5,8-9,11H2,1-2H3,(H,18,19). The van der Waals surface area contributed by atoms with Gasteiger partial charge in [-0.25, -0.2) is 0 Å². The number of carbonyl (C=O) groups excluding carboxylic acids is 1. The van der Waals surface area contributed by atoms with Crippen LogP contribution in [0.15, 0.2) is 18.2 Å². The highest BCUT2D eigenvalue weighted by Gasteiger charge is 2.33. The molecule has 2 rings (SSSR count). The Bertz CT molecular complexity index is 481. The largest absolute Gasteiger partial charge is 0.496 e. The zero-order valence-corrected chi connectivity index (χ0v) is 12.9. The fourth-order valence-corrected chi connectivity index (χ4v) is 3.16. The summed E-state index contributed by atoms with van der Waals surface area (Å²) in [6, 6.07) is 5.63. The first-order valence-electron chi connectivity index (χ1n) is 7.13. The molecule has 1 amide bonds. The van der Waals surface area contributed by atoms with Gasteiger partial charge in [0.25, 0.3) is 5.91 Å². The van der Waals surface area contributed by atoms with Crippen molar-refractivity contribution in [1.29, 1.82) is 0 Å². The first-order valence-corrected chi connectivity index (χ1v) is 7.67. The van der Waals surface area contributed by atoms with Crippen LogP contribution in [0.3, 0.4) is 0 Å². The van der Waals surface area contributed by atoms with Gasteiger partial charge in [0, 0.05) is 5.88 Å². The van der Waals surface area contributed by atoms with E-state index in [4.69, 9.17) is 16.3 Å². The summed E-state index contributed by atoms with van der Waals surface area (Å²) in [4.78, 5) is 12.6. The van der Waals surface area contributed by atoms with Crippen molar-refractivity contribution in [2.75, 3.05) is 13.0 Å². The molecule has 1 aliphatic carbocycles. The van der Waals surface area contributed by atoms with Crippen LogP contribution in [-0.4, -0.2) is 24.4 Å². The number of nitrogens with one attached hydrogen (secondary N) is 1. The molecule has 1 saturated carbocycles. The lowest BCUT2D eigenvalue weighted by atomic mass is 9.83. The Hall–Kier alpha value is -1.22. The van der Waals surface area contributed by atoms with Gasteiger partial charge < -0.3 is 10.1 Å². The summed E-state index contributed by atoms with van der Waals surface area (Å²) in [7, 11) is 1.58. The van der Waals surface area contributed by atoms with Crippen molar-refractivity contribution in [3.63, 3.8) is 0 Å². The van der Waals surface area contributed by atoms with E-state index in [0.717, 1.165) is 31.2 Å². The molecule has 1 N–H and O–H groups in total. The highest BCUT2D eigenvalue weighted by Crippen LogP contribution is 2.30. The molecule has 0 spiro atoms. The number of benzene rings is 1. The number of methoxy groups -OCH3 is 1. The molecule has 0 atom stereocenters. The SMILES string of the molecule is COc1ccc(C)cc1C(=O)NC1(CCl)CCCCC1. The lowest BCUT2D eigenvalue weighted by Crippen LogP contribution is -2.51. The summed E-state index contributed by atoms with van der Waals surface area (Å²) < 4.78 is 5.28. The highest BCUT2D eigenvalue weighted by atomic mass is 35.5. The first-order chi connectivity index (χ1) is 9.60. The first kappa shape index (κ1) is 15.2. The minimum Gasteiger partial charge on any atom is -0.496 e. The van der Waals surface area contributed by atoms with E-state index in [1.807, 2.05) is 25.1 Å². The van der Waals surface area contributed by atoms with E-state index in [-0.39, 0.29) is 11.4 Å². The molecule has 0 aromatic heterocycles. The van der Waals surface area contributed by atoms with Crippen LogP contribution in [0.25, 0.3) is 0 Å². The Balaban J connectivity index is 2.20. The monoisotopic (exact) mass is 295 g/mol. The van der Waals surface area contributed by atoms with Gasteiger partial charge in [-0.1, -0.05) is 30.9 Å². The number of aryl methyl sites for hydroxylation is 1. The van der Waals surface area contributed by atoms with Crippen molar-refractivity contribution in [3.05, 3.63) is 29.3 Å². The molecule has 4 heteroatoms. The van der Waals surface area contributed by atoms with Crippen molar-refractivity contribution in [2.24, 2.45) is 0 Å². The highest BCUT2D eigenvalue weighted by molar-refractivity contribution is 6.19. The lowest BCUT2D eigenvalue weighted by Gasteiger charge is -2.36. The number of ether oxygens (including phenoxy) is 1. The van der Waals surface area contributed by atoms with Gasteiger partial charge in [-0.15, -0.1) is 11.6 Å². The maximum absolute atomic E-state index is 12.6. The molecule has 1 aromatic carbocycles. The molecule has 110 valence electrons. The second-order valence-electron chi connectivity index (χ2n) is 5.63. The molecular weight excluding hydrogens is 274 g/mol. The smallest absolute Gasteiger partial charge is 0.255 e. The van der Waals surface area contributed by atoms with Crippen molar-refractivity contribution in [1.82, 2.24) is 5.32 Å². The molecule has 0 bridgehead atoms. The van der Waals surface area contributed by atoms with Gasteiger partial charge in [-0.05, 0) is 31.9 Å². The van der Waals surface area contributed by atoms with Crippen molar-refractivity contribution in [3.8, 4) is 5.75 Å². The minimum absolute atomic E-state index is 0.0897. The van der Waals surface area contributed by atoms with Gasteiger partial charge in [0.15, 0.2) is 0 Å². The van der Waals surface area contributed by atoms with Crippen LogP contribution < -0.4 is 10.1 Å². The van der Waals surface area contributed by atoms with Crippen LogP contribution in [0.1, 0.15) is 48.0 Å². The maximum Gasteiger partial charge on any atom is 0.255 e.